The van der Waals surface area contributed by atoms with Crippen molar-refractivity contribution in [1.29, 1.82) is 0 Å². The van der Waals surface area contributed by atoms with Crippen LogP contribution in [0.15, 0.2) is 30.3 Å². The lowest BCUT2D eigenvalue weighted by Crippen LogP contribution is -2.53. The summed E-state index contributed by atoms with van der Waals surface area (Å²) >= 11 is 0. The molecule has 0 aliphatic carbocycles. The van der Waals surface area contributed by atoms with Gasteiger partial charge in [-0.1, -0.05) is 44.2 Å². The molecule has 5 N–H and O–H groups in total. The van der Waals surface area contributed by atoms with E-state index in [0.29, 0.717) is 13.0 Å². The van der Waals surface area contributed by atoms with Crippen molar-refractivity contribution in [3.05, 3.63) is 35.9 Å². The number of benzene rings is 1. The number of carbonyl (C=O) groups is 2. The molecule has 0 saturated heterocycles. The third-order valence-electron chi connectivity index (χ3n) is 2.75. The van der Waals surface area contributed by atoms with Crippen LogP contribution in [0.4, 0.5) is 0 Å². The Balaban J connectivity index is 2.74. The molecule has 0 bridgehead atoms. The smallest absolute Gasteiger partial charge is 0.328 e. The monoisotopic (exact) mass is 293 g/mol. The molecule has 1 atom stereocenters. The molecule has 6 heteroatoms. The van der Waals surface area contributed by atoms with Crippen molar-refractivity contribution in [3.63, 3.8) is 0 Å². The lowest BCUT2D eigenvalue weighted by molar-refractivity contribution is -0.149. The van der Waals surface area contributed by atoms with Gasteiger partial charge in [-0.15, -0.1) is 0 Å². The van der Waals surface area contributed by atoms with E-state index in [9.17, 15) is 9.59 Å². The number of hydrogen-bond acceptors (Lipinski definition) is 5. The van der Waals surface area contributed by atoms with Gasteiger partial charge < -0.3 is 21.5 Å². The number of ether oxygens (including phenoxy) is 1. The lowest BCUT2D eigenvalue weighted by atomic mass is 10.1. The molecule has 0 aliphatic rings. The summed E-state index contributed by atoms with van der Waals surface area (Å²) in [6.45, 7) is 4.18. The molecule has 1 aromatic rings. The van der Waals surface area contributed by atoms with E-state index in [1.807, 2.05) is 44.2 Å². The first-order chi connectivity index (χ1) is 9.90. The van der Waals surface area contributed by atoms with Gasteiger partial charge in [0.2, 0.25) is 0 Å². The molecule has 0 fully saturated rings. The quantitative estimate of drug-likeness (QED) is 0.490. The second-order valence-corrected chi connectivity index (χ2v) is 5.30. The highest BCUT2D eigenvalue weighted by Gasteiger charge is 2.24. The third-order valence-corrected chi connectivity index (χ3v) is 2.75. The lowest BCUT2D eigenvalue weighted by Gasteiger charge is -2.19. The van der Waals surface area contributed by atoms with Gasteiger partial charge in [0, 0.05) is 6.42 Å². The van der Waals surface area contributed by atoms with E-state index in [-0.39, 0.29) is 5.92 Å². The van der Waals surface area contributed by atoms with Crippen molar-refractivity contribution in [2.24, 2.45) is 17.4 Å². The van der Waals surface area contributed by atoms with Crippen LogP contribution in [-0.4, -0.2) is 30.7 Å². The Hall–Kier alpha value is -1.92. The van der Waals surface area contributed by atoms with Gasteiger partial charge in [-0.05, 0) is 11.5 Å². The molecular weight excluding hydrogens is 270 g/mol. The first kappa shape index (κ1) is 17.1. The zero-order valence-corrected chi connectivity index (χ0v) is 12.4. The minimum absolute atomic E-state index is 0.221. The van der Waals surface area contributed by atoms with Crippen molar-refractivity contribution in [3.8, 4) is 0 Å². The molecule has 1 aromatic carbocycles. The molecule has 0 aliphatic heterocycles. The topological polar surface area (TPSA) is 107 Å². The van der Waals surface area contributed by atoms with Gasteiger partial charge in [0.25, 0.3) is 5.91 Å². The average molecular weight is 293 g/mol. The van der Waals surface area contributed by atoms with Crippen LogP contribution in [0.1, 0.15) is 19.4 Å². The minimum Gasteiger partial charge on any atom is -0.464 e. The molecular formula is C15H23N3O3. The van der Waals surface area contributed by atoms with Crippen molar-refractivity contribution in [2.45, 2.75) is 32.5 Å². The summed E-state index contributed by atoms with van der Waals surface area (Å²) in [5.74, 6) is -0.849. The number of nitrogens with two attached hydrogens (primary N) is 2. The van der Waals surface area contributed by atoms with Crippen LogP contribution in [-0.2, 0) is 20.7 Å². The van der Waals surface area contributed by atoms with Crippen LogP contribution in [0, 0.1) is 5.92 Å². The van der Waals surface area contributed by atoms with E-state index in [2.05, 4.69) is 5.32 Å². The van der Waals surface area contributed by atoms with Gasteiger partial charge in [0.05, 0.1) is 6.61 Å². The van der Waals surface area contributed by atoms with Gasteiger partial charge >= 0.3 is 5.97 Å². The van der Waals surface area contributed by atoms with E-state index in [1.165, 1.54) is 0 Å². The van der Waals surface area contributed by atoms with E-state index >= 15 is 0 Å². The van der Waals surface area contributed by atoms with Crippen LogP contribution in [0.3, 0.4) is 0 Å². The maximum absolute atomic E-state index is 12.1. The number of amides is 1. The first-order valence-corrected chi connectivity index (χ1v) is 6.92. The zero-order valence-electron chi connectivity index (χ0n) is 12.4. The van der Waals surface area contributed by atoms with Gasteiger partial charge in [-0.3, -0.25) is 4.79 Å². The largest absolute Gasteiger partial charge is 0.464 e. The summed E-state index contributed by atoms with van der Waals surface area (Å²) < 4.78 is 5.18. The summed E-state index contributed by atoms with van der Waals surface area (Å²) in [4.78, 5) is 23.7. The SMILES string of the molecule is CC(C)COC(=O)[C@H](Cc1ccccc1)NC(=O)C(N)N. The predicted molar refractivity (Wildman–Crippen MR) is 80.0 cm³/mol. The summed E-state index contributed by atoms with van der Waals surface area (Å²) in [6.07, 6.45) is -0.836. The Kier molecular flexibility index (Phi) is 6.84. The standard InChI is InChI=1S/C15H23N3O3/c1-10(2)9-21-15(20)12(18-14(19)13(16)17)8-11-6-4-3-5-7-11/h3-7,10,12-13H,8-9,16-17H2,1-2H3,(H,18,19)/t12-/m0/s1. The Labute approximate surface area is 124 Å². The Morgan fingerprint density at radius 2 is 1.81 bits per heavy atom. The highest BCUT2D eigenvalue weighted by atomic mass is 16.5. The first-order valence-electron chi connectivity index (χ1n) is 6.92. The number of hydrogen-bond donors (Lipinski definition) is 3. The molecule has 6 nitrogen and oxygen atoms in total. The maximum Gasteiger partial charge on any atom is 0.328 e. The number of carbonyl (C=O) groups excluding carboxylic acids is 2. The summed E-state index contributed by atoms with van der Waals surface area (Å²) in [7, 11) is 0. The molecule has 0 spiro atoms. The Bertz CT molecular complexity index is 460. The van der Waals surface area contributed by atoms with Gasteiger partial charge in [-0.2, -0.15) is 0 Å². The molecule has 116 valence electrons. The molecule has 1 amide bonds. The highest BCUT2D eigenvalue weighted by Crippen LogP contribution is 2.06. The second kappa shape index (κ2) is 8.39. The number of esters is 1. The third kappa shape index (κ3) is 6.37. The fourth-order valence-corrected chi connectivity index (χ4v) is 1.66. The van der Waals surface area contributed by atoms with E-state index in [1.54, 1.807) is 0 Å². The van der Waals surface area contributed by atoms with Crippen LogP contribution in [0.2, 0.25) is 0 Å². The molecule has 0 aromatic heterocycles. The van der Waals surface area contributed by atoms with Crippen LogP contribution in [0.5, 0.6) is 0 Å². The molecule has 0 heterocycles. The fourth-order valence-electron chi connectivity index (χ4n) is 1.66. The fraction of sp³-hybridized carbons (Fsp3) is 0.467. The zero-order chi connectivity index (χ0) is 15.8. The van der Waals surface area contributed by atoms with Crippen LogP contribution < -0.4 is 16.8 Å². The van der Waals surface area contributed by atoms with Crippen molar-refractivity contribution >= 4 is 11.9 Å². The van der Waals surface area contributed by atoms with Crippen molar-refractivity contribution in [1.82, 2.24) is 5.32 Å². The molecule has 0 unspecified atom stereocenters. The molecule has 21 heavy (non-hydrogen) atoms. The molecule has 0 saturated carbocycles. The van der Waals surface area contributed by atoms with Crippen LogP contribution >= 0.6 is 0 Å². The van der Waals surface area contributed by atoms with Gasteiger partial charge in [-0.25, -0.2) is 4.79 Å². The Morgan fingerprint density at radius 3 is 2.33 bits per heavy atom. The van der Waals surface area contributed by atoms with E-state index in [0.717, 1.165) is 5.56 Å². The predicted octanol–water partition coefficient (Wildman–Crippen LogP) is 0.157. The second-order valence-electron chi connectivity index (χ2n) is 5.30. The summed E-state index contributed by atoms with van der Waals surface area (Å²) in [5.41, 5.74) is 11.5. The van der Waals surface area contributed by atoms with E-state index in [4.69, 9.17) is 16.2 Å². The summed E-state index contributed by atoms with van der Waals surface area (Å²) in [5, 5.41) is 2.52. The Morgan fingerprint density at radius 1 is 1.19 bits per heavy atom. The van der Waals surface area contributed by atoms with E-state index < -0.39 is 24.1 Å². The highest BCUT2D eigenvalue weighted by molar-refractivity contribution is 5.87. The minimum atomic E-state index is -1.17. The normalized spacial score (nSPS) is 12.3. The molecule has 1 rings (SSSR count). The van der Waals surface area contributed by atoms with Crippen LogP contribution in [0.25, 0.3) is 0 Å². The van der Waals surface area contributed by atoms with Gasteiger partial charge in [0.15, 0.2) is 0 Å². The van der Waals surface area contributed by atoms with Crippen molar-refractivity contribution < 1.29 is 14.3 Å². The van der Waals surface area contributed by atoms with Gasteiger partial charge in [0.1, 0.15) is 12.2 Å². The maximum atomic E-state index is 12.1. The number of rotatable bonds is 7. The average Bonchev–Trinajstić information content (AvgIpc) is 2.44. The van der Waals surface area contributed by atoms with Crippen molar-refractivity contribution in [2.75, 3.05) is 6.61 Å². The number of nitrogens with one attached hydrogen (secondary N) is 1. The molecule has 0 radical (unpaired) electrons. The summed E-state index contributed by atoms with van der Waals surface area (Å²) in [6, 6.07) is 8.55.